The Morgan fingerprint density at radius 2 is 2.19 bits per heavy atom. The number of aromatic nitrogens is 3. The Morgan fingerprint density at radius 1 is 1.43 bits per heavy atom. The molecule has 0 aliphatic heterocycles. The van der Waals surface area contributed by atoms with Gasteiger partial charge in [0.15, 0.2) is 5.65 Å². The van der Waals surface area contributed by atoms with Crippen molar-refractivity contribution in [2.24, 2.45) is 7.05 Å². The number of hydrogen-bond acceptors (Lipinski definition) is 5. The van der Waals surface area contributed by atoms with Gasteiger partial charge >= 0.3 is 5.97 Å². The lowest BCUT2D eigenvalue weighted by molar-refractivity contribution is 0.0697. The molecule has 21 heavy (non-hydrogen) atoms. The lowest BCUT2D eigenvalue weighted by Gasteiger charge is -2.11. The number of carbonyl (C=O) groups is 1. The largest absolute Gasteiger partial charge is 0.478 e. The number of rotatable bonds is 7. The number of nitrogens with one attached hydrogen (secondary N) is 2. The van der Waals surface area contributed by atoms with Crippen LogP contribution in [0.3, 0.4) is 0 Å². The van der Waals surface area contributed by atoms with E-state index in [1.54, 1.807) is 11.7 Å². The van der Waals surface area contributed by atoms with E-state index in [0.717, 1.165) is 30.6 Å². The monoisotopic (exact) mass is 291 g/mol. The Kier molecular flexibility index (Phi) is 4.74. The summed E-state index contributed by atoms with van der Waals surface area (Å²) < 4.78 is 1.67. The molecule has 2 heterocycles. The normalized spacial score (nSPS) is 11.0. The summed E-state index contributed by atoms with van der Waals surface area (Å²) >= 11 is 0. The Bertz CT molecular complexity index is 650. The molecule has 0 bridgehead atoms. The van der Waals surface area contributed by atoms with Crippen LogP contribution < -0.4 is 10.6 Å². The molecule has 0 unspecified atom stereocenters. The smallest absolute Gasteiger partial charge is 0.339 e. The number of anilines is 1. The molecule has 0 fully saturated rings. The molecule has 0 aliphatic rings. The third kappa shape index (κ3) is 3.13. The summed E-state index contributed by atoms with van der Waals surface area (Å²) in [6.45, 7) is 6.44. The average Bonchev–Trinajstić information content (AvgIpc) is 2.73. The first-order valence-corrected chi connectivity index (χ1v) is 7.06. The van der Waals surface area contributed by atoms with Crippen LogP contribution in [-0.4, -0.2) is 45.5 Å². The van der Waals surface area contributed by atoms with Gasteiger partial charge in [0.05, 0.1) is 16.8 Å². The summed E-state index contributed by atoms with van der Waals surface area (Å²) in [6, 6.07) is 0. The maximum Gasteiger partial charge on any atom is 0.339 e. The van der Waals surface area contributed by atoms with E-state index in [1.165, 1.54) is 6.20 Å². The molecule has 0 spiro atoms. The highest BCUT2D eigenvalue weighted by Crippen LogP contribution is 2.28. The molecule has 2 aromatic heterocycles. The van der Waals surface area contributed by atoms with Gasteiger partial charge in [0.25, 0.3) is 0 Å². The minimum absolute atomic E-state index is 0.182. The fourth-order valence-corrected chi connectivity index (χ4v) is 2.36. The van der Waals surface area contributed by atoms with E-state index in [0.29, 0.717) is 17.9 Å². The molecule has 0 radical (unpaired) electrons. The van der Waals surface area contributed by atoms with Crippen LogP contribution in [0, 0.1) is 6.92 Å². The molecular weight excluding hydrogens is 270 g/mol. The van der Waals surface area contributed by atoms with E-state index in [-0.39, 0.29) is 5.56 Å². The van der Waals surface area contributed by atoms with Crippen LogP contribution in [-0.2, 0) is 7.05 Å². The minimum atomic E-state index is -0.984. The number of fused-ring (bicyclic) bond motifs is 1. The molecule has 0 aliphatic carbocycles. The molecule has 0 saturated carbocycles. The van der Waals surface area contributed by atoms with Crippen LogP contribution in [0.2, 0.25) is 0 Å². The first-order chi connectivity index (χ1) is 10.1. The first kappa shape index (κ1) is 15.2. The predicted octanol–water partition coefficient (Wildman–Crippen LogP) is 1.39. The molecule has 0 amide bonds. The third-order valence-electron chi connectivity index (χ3n) is 3.34. The summed E-state index contributed by atoms with van der Waals surface area (Å²) in [4.78, 5) is 15.6. The zero-order chi connectivity index (χ0) is 15.4. The summed E-state index contributed by atoms with van der Waals surface area (Å²) in [5, 5.41) is 20.9. The van der Waals surface area contributed by atoms with Gasteiger partial charge in [-0.25, -0.2) is 9.78 Å². The second-order valence-corrected chi connectivity index (χ2v) is 4.89. The zero-order valence-corrected chi connectivity index (χ0v) is 12.6. The highest BCUT2D eigenvalue weighted by Gasteiger charge is 2.18. The first-order valence-electron chi connectivity index (χ1n) is 7.06. The second-order valence-electron chi connectivity index (χ2n) is 4.89. The topological polar surface area (TPSA) is 92.1 Å². The molecule has 0 aromatic carbocycles. The quantitative estimate of drug-likeness (QED) is 0.668. The second kappa shape index (κ2) is 6.53. The summed E-state index contributed by atoms with van der Waals surface area (Å²) in [5.74, 6) is -0.984. The fraction of sp³-hybridized carbons (Fsp3) is 0.500. The van der Waals surface area contributed by atoms with Crippen LogP contribution in [0.4, 0.5) is 5.69 Å². The SMILES string of the molecule is CCNCCCNc1c(C(=O)O)cnc2c1c(C)nn2C. The molecule has 2 rings (SSSR count). The van der Waals surface area contributed by atoms with Gasteiger partial charge in [0, 0.05) is 19.8 Å². The zero-order valence-electron chi connectivity index (χ0n) is 12.6. The van der Waals surface area contributed by atoms with Gasteiger partial charge in [-0.15, -0.1) is 0 Å². The molecule has 0 atom stereocenters. The lowest BCUT2D eigenvalue weighted by atomic mass is 10.1. The Hall–Kier alpha value is -2.15. The van der Waals surface area contributed by atoms with Crippen LogP contribution in [0.5, 0.6) is 0 Å². The van der Waals surface area contributed by atoms with Crippen LogP contribution in [0.15, 0.2) is 6.20 Å². The van der Waals surface area contributed by atoms with Gasteiger partial charge in [-0.1, -0.05) is 6.92 Å². The van der Waals surface area contributed by atoms with Crippen molar-refractivity contribution < 1.29 is 9.90 Å². The molecule has 7 heteroatoms. The van der Waals surface area contributed by atoms with Gasteiger partial charge < -0.3 is 15.7 Å². The van der Waals surface area contributed by atoms with E-state index in [9.17, 15) is 9.90 Å². The number of nitrogens with zero attached hydrogens (tertiary/aromatic N) is 3. The standard InChI is InChI=1S/C14H21N5O2/c1-4-15-6-5-7-16-12-10(14(20)21)8-17-13-11(12)9(2)18-19(13)3/h8,15H,4-7H2,1-3H3,(H,16,17)(H,20,21). The molecule has 2 aromatic rings. The van der Waals surface area contributed by atoms with Crippen molar-refractivity contribution in [3.63, 3.8) is 0 Å². The van der Waals surface area contributed by atoms with E-state index in [2.05, 4.69) is 27.6 Å². The predicted molar refractivity (Wildman–Crippen MR) is 81.9 cm³/mol. The van der Waals surface area contributed by atoms with Gasteiger partial charge in [-0.05, 0) is 26.4 Å². The van der Waals surface area contributed by atoms with Crippen LogP contribution in [0.1, 0.15) is 29.4 Å². The number of carboxylic acid groups (broad SMARTS) is 1. The van der Waals surface area contributed by atoms with Gasteiger partial charge in [0.1, 0.15) is 5.56 Å². The molecule has 0 saturated heterocycles. The van der Waals surface area contributed by atoms with E-state index < -0.39 is 5.97 Å². The summed E-state index contributed by atoms with van der Waals surface area (Å²) in [7, 11) is 1.80. The van der Waals surface area contributed by atoms with Crippen molar-refractivity contribution >= 4 is 22.7 Å². The van der Waals surface area contributed by atoms with E-state index in [4.69, 9.17) is 0 Å². The summed E-state index contributed by atoms with van der Waals surface area (Å²) in [5.41, 5.74) is 2.25. The van der Waals surface area contributed by atoms with Crippen LogP contribution in [0.25, 0.3) is 11.0 Å². The highest BCUT2D eigenvalue weighted by atomic mass is 16.4. The summed E-state index contributed by atoms with van der Waals surface area (Å²) in [6.07, 6.45) is 2.30. The lowest BCUT2D eigenvalue weighted by Crippen LogP contribution is -2.18. The fourth-order valence-electron chi connectivity index (χ4n) is 2.36. The molecule has 114 valence electrons. The van der Waals surface area contributed by atoms with Gasteiger partial charge in [0.2, 0.25) is 0 Å². The average molecular weight is 291 g/mol. The van der Waals surface area contributed by atoms with E-state index >= 15 is 0 Å². The van der Waals surface area contributed by atoms with Crippen LogP contribution >= 0.6 is 0 Å². The molecular formula is C14H21N5O2. The Morgan fingerprint density at radius 3 is 2.86 bits per heavy atom. The number of carboxylic acids is 1. The number of aromatic carboxylic acids is 1. The van der Waals surface area contributed by atoms with E-state index in [1.807, 2.05) is 6.92 Å². The maximum atomic E-state index is 11.4. The maximum absolute atomic E-state index is 11.4. The van der Waals surface area contributed by atoms with Gasteiger partial charge in [-0.2, -0.15) is 5.10 Å². The minimum Gasteiger partial charge on any atom is -0.478 e. The van der Waals surface area contributed by atoms with Crippen molar-refractivity contribution in [2.45, 2.75) is 20.3 Å². The van der Waals surface area contributed by atoms with Gasteiger partial charge in [-0.3, -0.25) is 4.68 Å². The highest BCUT2D eigenvalue weighted by molar-refractivity contribution is 6.04. The Labute approximate surface area is 123 Å². The number of pyridine rings is 1. The van der Waals surface area contributed by atoms with Crippen molar-refractivity contribution in [3.05, 3.63) is 17.5 Å². The number of hydrogen-bond donors (Lipinski definition) is 3. The van der Waals surface area contributed by atoms with Crippen molar-refractivity contribution in [1.29, 1.82) is 0 Å². The van der Waals surface area contributed by atoms with Crippen molar-refractivity contribution in [1.82, 2.24) is 20.1 Å². The van der Waals surface area contributed by atoms with Crippen molar-refractivity contribution in [2.75, 3.05) is 25.0 Å². The third-order valence-corrected chi connectivity index (χ3v) is 3.34. The number of aryl methyl sites for hydroxylation is 2. The molecule has 7 nitrogen and oxygen atoms in total. The Balaban J connectivity index is 2.33. The van der Waals surface area contributed by atoms with Crippen molar-refractivity contribution in [3.8, 4) is 0 Å². The molecule has 3 N–H and O–H groups in total.